The van der Waals surface area contributed by atoms with Gasteiger partial charge < -0.3 is 10.1 Å². The highest BCUT2D eigenvalue weighted by molar-refractivity contribution is 5.27. The van der Waals surface area contributed by atoms with Crippen LogP contribution in [0.5, 0.6) is 5.75 Å². The molecule has 21 heavy (non-hydrogen) atoms. The van der Waals surface area contributed by atoms with Crippen LogP contribution in [0.15, 0.2) is 24.3 Å². The highest BCUT2D eigenvalue weighted by Gasteiger charge is 2.13. The summed E-state index contributed by atoms with van der Waals surface area (Å²) in [6, 6.07) is 8.53. The minimum atomic E-state index is 0.702. The van der Waals surface area contributed by atoms with Crippen molar-refractivity contribution in [2.75, 3.05) is 13.2 Å². The molecule has 0 spiro atoms. The third kappa shape index (κ3) is 6.52. The van der Waals surface area contributed by atoms with Crippen LogP contribution in [0.4, 0.5) is 0 Å². The lowest BCUT2D eigenvalue weighted by Crippen LogP contribution is -2.16. The minimum Gasteiger partial charge on any atom is -0.494 e. The van der Waals surface area contributed by atoms with E-state index in [4.69, 9.17) is 4.74 Å². The van der Waals surface area contributed by atoms with E-state index in [1.54, 1.807) is 0 Å². The zero-order valence-corrected chi connectivity index (χ0v) is 13.7. The van der Waals surface area contributed by atoms with Gasteiger partial charge in [0, 0.05) is 6.54 Å². The van der Waals surface area contributed by atoms with E-state index >= 15 is 0 Å². The summed E-state index contributed by atoms with van der Waals surface area (Å²) in [4.78, 5) is 0. The Bertz CT molecular complexity index is 379. The number of hydrogen-bond donors (Lipinski definition) is 1. The van der Waals surface area contributed by atoms with Crippen molar-refractivity contribution in [1.29, 1.82) is 0 Å². The van der Waals surface area contributed by atoms with E-state index in [0.29, 0.717) is 5.92 Å². The van der Waals surface area contributed by atoms with E-state index in [-0.39, 0.29) is 0 Å². The quantitative estimate of drug-likeness (QED) is 0.660. The van der Waals surface area contributed by atoms with Crippen molar-refractivity contribution >= 4 is 0 Å². The monoisotopic (exact) mass is 289 g/mol. The molecule has 1 aliphatic carbocycles. The summed E-state index contributed by atoms with van der Waals surface area (Å²) in [5.41, 5.74) is 1.35. The second kappa shape index (κ2) is 9.09. The Kier molecular flexibility index (Phi) is 7.08. The largest absolute Gasteiger partial charge is 0.494 e. The van der Waals surface area contributed by atoms with Crippen molar-refractivity contribution in [3.63, 3.8) is 0 Å². The summed E-state index contributed by atoms with van der Waals surface area (Å²) in [6.07, 6.45) is 8.25. The van der Waals surface area contributed by atoms with Crippen molar-refractivity contribution < 1.29 is 4.74 Å². The molecule has 0 bridgehead atoms. The van der Waals surface area contributed by atoms with E-state index in [9.17, 15) is 0 Å². The Labute approximate surface area is 130 Å². The molecule has 118 valence electrons. The number of ether oxygens (including phenoxy) is 1. The van der Waals surface area contributed by atoms with Crippen LogP contribution in [-0.2, 0) is 6.54 Å². The molecule has 0 unspecified atom stereocenters. The summed E-state index contributed by atoms with van der Waals surface area (Å²) in [6.45, 7) is 7.39. The van der Waals surface area contributed by atoms with E-state index in [2.05, 4.69) is 43.4 Å². The number of nitrogens with one attached hydrogen (secondary N) is 1. The number of hydrogen-bond acceptors (Lipinski definition) is 2. The Morgan fingerprint density at radius 3 is 2.52 bits per heavy atom. The lowest BCUT2D eigenvalue weighted by Gasteiger charge is -2.11. The van der Waals surface area contributed by atoms with Gasteiger partial charge in [0.05, 0.1) is 6.61 Å². The summed E-state index contributed by atoms with van der Waals surface area (Å²) >= 11 is 0. The maximum atomic E-state index is 5.74. The maximum Gasteiger partial charge on any atom is 0.119 e. The van der Waals surface area contributed by atoms with Crippen LogP contribution in [0.25, 0.3) is 0 Å². The first-order valence-electron chi connectivity index (χ1n) is 8.66. The van der Waals surface area contributed by atoms with Gasteiger partial charge in [0.2, 0.25) is 0 Å². The molecule has 1 aliphatic rings. The molecule has 1 fully saturated rings. The molecule has 1 saturated carbocycles. The average molecular weight is 289 g/mol. The summed E-state index contributed by atoms with van der Waals surface area (Å²) in [7, 11) is 0. The normalized spacial score (nSPS) is 15.8. The van der Waals surface area contributed by atoms with E-state index < -0.39 is 0 Å². The van der Waals surface area contributed by atoms with Crippen LogP contribution in [0.1, 0.15) is 57.9 Å². The fourth-order valence-electron chi connectivity index (χ4n) is 2.95. The molecule has 0 aliphatic heterocycles. The van der Waals surface area contributed by atoms with Gasteiger partial charge in [0.1, 0.15) is 5.75 Å². The molecule has 2 heteroatoms. The smallest absolute Gasteiger partial charge is 0.119 e. The second-order valence-corrected chi connectivity index (χ2v) is 6.79. The molecule has 0 atom stereocenters. The van der Waals surface area contributed by atoms with Crippen molar-refractivity contribution in [1.82, 2.24) is 5.32 Å². The summed E-state index contributed by atoms with van der Waals surface area (Å²) in [5, 5.41) is 3.57. The molecule has 2 nitrogen and oxygen atoms in total. The Balaban J connectivity index is 1.60. The Hall–Kier alpha value is -1.02. The zero-order chi connectivity index (χ0) is 14.9. The highest BCUT2D eigenvalue weighted by atomic mass is 16.5. The first-order valence-corrected chi connectivity index (χ1v) is 8.66. The molecule has 0 radical (unpaired) electrons. The average Bonchev–Trinajstić information content (AvgIpc) is 2.98. The van der Waals surface area contributed by atoms with Crippen LogP contribution in [0.3, 0.4) is 0 Å². The molecule has 1 aromatic carbocycles. The highest BCUT2D eigenvalue weighted by Crippen LogP contribution is 2.26. The van der Waals surface area contributed by atoms with Crippen LogP contribution < -0.4 is 10.1 Å². The van der Waals surface area contributed by atoms with Crippen LogP contribution in [0.2, 0.25) is 0 Å². The molecule has 1 aromatic rings. The Morgan fingerprint density at radius 2 is 1.86 bits per heavy atom. The summed E-state index contributed by atoms with van der Waals surface area (Å²) in [5.74, 6) is 2.67. The zero-order valence-electron chi connectivity index (χ0n) is 13.7. The lowest BCUT2D eigenvalue weighted by atomic mass is 10.0. The van der Waals surface area contributed by atoms with Crippen LogP contribution >= 0.6 is 0 Å². The predicted octanol–water partition coefficient (Wildman–Crippen LogP) is 4.78. The fourth-order valence-corrected chi connectivity index (χ4v) is 2.95. The van der Waals surface area contributed by atoms with Gasteiger partial charge >= 0.3 is 0 Å². The fraction of sp³-hybridized carbons (Fsp3) is 0.684. The third-order valence-electron chi connectivity index (χ3n) is 4.42. The van der Waals surface area contributed by atoms with Gasteiger partial charge in [-0.3, -0.25) is 0 Å². The number of benzene rings is 1. The molecule has 0 saturated heterocycles. The van der Waals surface area contributed by atoms with Gasteiger partial charge in [0.15, 0.2) is 0 Å². The van der Waals surface area contributed by atoms with Crippen molar-refractivity contribution in [3.8, 4) is 5.75 Å². The Morgan fingerprint density at radius 1 is 1.14 bits per heavy atom. The van der Waals surface area contributed by atoms with Gasteiger partial charge in [-0.15, -0.1) is 0 Å². The first kappa shape index (κ1) is 16.4. The molecule has 2 rings (SSSR count). The van der Waals surface area contributed by atoms with E-state index in [1.165, 1.54) is 37.7 Å². The molecule has 0 amide bonds. The molecule has 0 heterocycles. The SMILES string of the molecule is CC(C)CCOc1ccc(CNCCC2CCCC2)cc1. The molecular formula is C19H31NO. The molecular weight excluding hydrogens is 258 g/mol. The van der Waals surface area contributed by atoms with E-state index in [1.807, 2.05) is 0 Å². The topological polar surface area (TPSA) is 21.3 Å². The van der Waals surface area contributed by atoms with Crippen molar-refractivity contribution in [3.05, 3.63) is 29.8 Å². The van der Waals surface area contributed by atoms with Crippen LogP contribution in [-0.4, -0.2) is 13.2 Å². The van der Waals surface area contributed by atoms with Crippen LogP contribution in [0, 0.1) is 11.8 Å². The second-order valence-electron chi connectivity index (χ2n) is 6.79. The minimum absolute atomic E-state index is 0.702. The first-order chi connectivity index (χ1) is 10.2. The third-order valence-corrected chi connectivity index (χ3v) is 4.42. The maximum absolute atomic E-state index is 5.74. The van der Waals surface area contributed by atoms with Crippen molar-refractivity contribution in [2.24, 2.45) is 11.8 Å². The van der Waals surface area contributed by atoms with Gasteiger partial charge in [0.25, 0.3) is 0 Å². The molecule has 1 N–H and O–H groups in total. The van der Waals surface area contributed by atoms with Gasteiger partial charge in [-0.1, -0.05) is 51.7 Å². The predicted molar refractivity (Wildman–Crippen MR) is 89.7 cm³/mol. The number of rotatable bonds is 9. The molecule has 0 aromatic heterocycles. The van der Waals surface area contributed by atoms with Gasteiger partial charge in [-0.05, 0) is 48.9 Å². The van der Waals surface area contributed by atoms with Gasteiger partial charge in [-0.2, -0.15) is 0 Å². The standard InChI is InChI=1S/C19H31NO/c1-16(2)12-14-21-19-9-7-18(8-10-19)15-20-13-11-17-5-3-4-6-17/h7-10,16-17,20H,3-6,11-15H2,1-2H3. The van der Waals surface area contributed by atoms with E-state index in [0.717, 1.165) is 37.8 Å². The lowest BCUT2D eigenvalue weighted by molar-refractivity contribution is 0.289. The summed E-state index contributed by atoms with van der Waals surface area (Å²) < 4.78 is 5.74. The van der Waals surface area contributed by atoms with Crippen molar-refractivity contribution in [2.45, 2.75) is 58.9 Å². The van der Waals surface area contributed by atoms with Gasteiger partial charge in [-0.25, -0.2) is 0 Å².